The summed E-state index contributed by atoms with van der Waals surface area (Å²) >= 11 is 0. The molecule has 1 aromatic carbocycles. The third-order valence-corrected chi connectivity index (χ3v) is 5.07. The number of carbonyl (C=O) groups excluding carboxylic acids is 1. The summed E-state index contributed by atoms with van der Waals surface area (Å²) in [6.07, 6.45) is 1.44. The van der Waals surface area contributed by atoms with E-state index in [2.05, 4.69) is 0 Å². The molecule has 1 fully saturated rings. The summed E-state index contributed by atoms with van der Waals surface area (Å²) in [6.45, 7) is 0.0674. The largest absolute Gasteiger partial charge is 0.467 e. The molecule has 3 rings (SSSR count). The van der Waals surface area contributed by atoms with E-state index in [1.54, 1.807) is 12.1 Å². The van der Waals surface area contributed by atoms with Gasteiger partial charge in [0.2, 0.25) is 15.9 Å². The molecular weight excluding hydrogens is 304 g/mol. The van der Waals surface area contributed by atoms with Crippen molar-refractivity contribution in [2.45, 2.75) is 17.7 Å². The van der Waals surface area contributed by atoms with Gasteiger partial charge in [-0.2, -0.15) is 0 Å². The van der Waals surface area contributed by atoms with E-state index in [4.69, 9.17) is 9.56 Å². The van der Waals surface area contributed by atoms with Crippen LogP contribution >= 0.6 is 0 Å². The number of sulfonamides is 1. The van der Waals surface area contributed by atoms with E-state index in [0.717, 1.165) is 5.56 Å². The Hall–Kier alpha value is -2.12. The lowest BCUT2D eigenvalue weighted by Crippen LogP contribution is -2.34. The van der Waals surface area contributed by atoms with Crippen LogP contribution in [0.3, 0.4) is 0 Å². The first-order valence-corrected chi connectivity index (χ1v) is 8.47. The highest BCUT2D eigenvalue weighted by atomic mass is 32.2. The SMILES string of the molecule is NS(=O)(=O)C1CC(=O)N(C(c2ccccc2)c2ccco2)C1. The number of carbonyl (C=O) groups is 1. The molecule has 2 atom stereocenters. The number of furan rings is 1. The van der Waals surface area contributed by atoms with E-state index in [1.807, 2.05) is 30.3 Å². The summed E-state index contributed by atoms with van der Waals surface area (Å²) in [5.74, 6) is 0.346. The fourth-order valence-electron chi connectivity index (χ4n) is 2.75. The molecule has 2 heterocycles. The quantitative estimate of drug-likeness (QED) is 0.917. The van der Waals surface area contributed by atoms with Gasteiger partial charge in [-0.3, -0.25) is 4.79 Å². The molecule has 0 aliphatic carbocycles. The topological polar surface area (TPSA) is 93.6 Å². The minimum Gasteiger partial charge on any atom is -0.467 e. The number of rotatable bonds is 4. The number of nitrogens with two attached hydrogens (primary N) is 1. The normalized spacial score (nSPS) is 20.3. The molecule has 0 radical (unpaired) electrons. The van der Waals surface area contributed by atoms with Crippen LogP contribution in [-0.2, 0) is 14.8 Å². The van der Waals surface area contributed by atoms with Crippen molar-refractivity contribution < 1.29 is 17.6 Å². The van der Waals surface area contributed by atoms with Crippen LogP contribution in [0.2, 0.25) is 0 Å². The van der Waals surface area contributed by atoms with Gasteiger partial charge in [0.05, 0.1) is 6.26 Å². The molecule has 0 spiro atoms. The average molecular weight is 320 g/mol. The van der Waals surface area contributed by atoms with E-state index in [9.17, 15) is 13.2 Å². The van der Waals surface area contributed by atoms with E-state index >= 15 is 0 Å². The second-order valence-electron chi connectivity index (χ2n) is 5.29. The van der Waals surface area contributed by atoms with Gasteiger partial charge in [-0.15, -0.1) is 0 Å². The van der Waals surface area contributed by atoms with Crippen LogP contribution in [0.5, 0.6) is 0 Å². The summed E-state index contributed by atoms with van der Waals surface area (Å²) in [7, 11) is -3.75. The minimum atomic E-state index is -3.75. The van der Waals surface area contributed by atoms with Gasteiger partial charge in [0.1, 0.15) is 17.1 Å². The molecule has 1 aliphatic heterocycles. The van der Waals surface area contributed by atoms with Crippen molar-refractivity contribution in [3.63, 3.8) is 0 Å². The van der Waals surface area contributed by atoms with Crippen molar-refractivity contribution in [1.82, 2.24) is 4.90 Å². The molecule has 6 nitrogen and oxygen atoms in total. The molecule has 1 aliphatic rings. The zero-order valence-electron chi connectivity index (χ0n) is 11.8. The van der Waals surface area contributed by atoms with Gasteiger partial charge in [-0.05, 0) is 17.7 Å². The molecule has 2 unspecified atom stereocenters. The molecule has 7 heteroatoms. The number of hydrogen-bond acceptors (Lipinski definition) is 4. The van der Waals surface area contributed by atoms with E-state index < -0.39 is 21.3 Å². The number of hydrogen-bond donors (Lipinski definition) is 1. The maximum atomic E-state index is 12.3. The summed E-state index contributed by atoms with van der Waals surface area (Å²) < 4.78 is 28.5. The van der Waals surface area contributed by atoms with Crippen molar-refractivity contribution >= 4 is 15.9 Å². The first-order chi connectivity index (χ1) is 10.5. The van der Waals surface area contributed by atoms with Crippen LogP contribution in [0.25, 0.3) is 0 Å². The zero-order chi connectivity index (χ0) is 15.7. The summed E-state index contributed by atoms with van der Waals surface area (Å²) in [4.78, 5) is 13.8. The van der Waals surface area contributed by atoms with Crippen molar-refractivity contribution in [3.8, 4) is 0 Å². The molecular formula is C15H16N2O4S. The number of nitrogens with zero attached hydrogens (tertiary/aromatic N) is 1. The van der Waals surface area contributed by atoms with Gasteiger partial charge in [0.25, 0.3) is 0 Å². The molecule has 1 aromatic heterocycles. The Kier molecular flexibility index (Phi) is 3.76. The van der Waals surface area contributed by atoms with Gasteiger partial charge >= 0.3 is 0 Å². The van der Waals surface area contributed by atoms with E-state index in [0.29, 0.717) is 5.76 Å². The third-order valence-electron chi connectivity index (χ3n) is 3.83. The highest BCUT2D eigenvalue weighted by Crippen LogP contribution is 2.33. The molecule has 0 saturated carbocycles. The Morgan fingerprint density at radius 2 is 1.91 bits per heavy atom. The van der Waals surface area contributed by atoms with Gasteiger partial charge < -0.3 is 9.32 Å². The van der Waals surface area contributed by atoms with Crippen LogP contribution in [-0.4, -0.2) is 31.0 Å². The van der Waals surface area contributed by atoms with Gasteiger partial charge in [0.15, 0.2) is 0 Å². The Labute approximate surface area is 128 Å². The Bertz CT molecular complexity index is 756. The second kappa shape index (κ2) is 5.58. The third kappa shape index (κ3) is 2.77. The number of benzene rings is 1. The predicted octanol–water partition coefficient (Wildman–Crippen LogP) is 1.26. The van der Waals surface area contributed by atoms with Crippen molar-refractivity contribution in [1.29, 1.82) is 0 Å². The molecule has 2 aromatic rings. The Morgan fingerprint density at radius 1 is 1.18 bits per heavy atom. The van der Waals surface area contributed by atoms with Crippen molar-refractivity contribution in [3.05, 3.63) is 60.1 Å². The van der Waals surface area contributed by atoms with Crippen LogP contribution in [0.1, 0.15) is 23.8 Å². The van der Waals surface area contributed by atoms with Crippen LogP contribution < -0.4 is 5.14 Å². The van der Waals surface area contributed by atoms with Crippen LogP contribution in [0.15, 0.2) is 53.1 Å². The maximum absolute atomic E-state index is 12.3. The summed E-state index contributed by atoms with van der Waals surface area (Å²) in [6, 6.07) is 12.4. The lowest BCUT2D eigenvalue weighted by atomic mass is 10.0. The monoisotopic (exact) mass is 320 g/mol. The maximum Gasteiger partial charge on any atom is 0.224 e. The number of likely N-dealkylation sites (tertiary alicyclic amines) is 1. The smallest absolute Gasteiger partial charge is 0.224 e. The van der Waals surface area contributed by atoms with Gasteiger partial charge in [-0.1, -0.05) is 30.3 Å². The van der Waals surface area contributed by atoms with Crippen molar-refractivity contribution in [2.24, 2.45) is 5.14 Å². The highest BCUT2D eigenvalue weighted by molar-refractivity contribution is 7.89. The second-order valence-corrected chi connectivity index (χ2v) is 7.13. The van der Waals surface area contributed by atoms with E-state index in [-0.39, 0.29) is 18.9 Å². The first-order valence-electron chi connectivity index (χ1n) is 6.86. The fraction of sp³-hybridized carbons (Fsp3) is 0.267. The van der Waals surface area contributed by atoms with Gasteiger partial charge in [-0.25, -0.2) is 13.6 Å². The average Bonchev–Trinajstić information content (AvgIpc) is 3.11. The van der Waals surface area contributed by atoms with Crippen LogP contribution in [0.4, 0.5) is 0 Å². The number of amides is 1. The molecule has 116 valence electrons. The molecule has 1 amide bonds. The predicted molar refractivity (Wildman–Crippen MR) is 80.2 cm³/mol. The highest BCUT2D eigenvalue weighted by Gasteiger charge is 2.41. The standard InChI is InChI=1S/C15H16N2O4S/c16-22(19,20)12-9-14(18)17(10-12)15(13-7-4-8-21-13)11-5-2-1-3-6-11/h1-8,12,15H,9-10H2,(H2,16,19,20). The lowest BCUT2D eigenvalue weighted by molar-refractivity contribution is -0.129. The molecule has 0 bridgehead atoms. The summed E-state index contributed by atoms with van der Waals surface area (Å²) in [5.41, 5.74) is 0.862. The minimum absolute atomic E-state index is 0.0674. The molecule has 2 N–H and O–H groups in total. The summed E-state index contributed by atoms with van der Waals surface area (Å²) in [5, 5.41) is 4.32. The Morgan fingerprint density at radius 3 is 2.45 bits per heavy atom. The zero-order valence-corrected chi connectivity index (χ0v) is 12.6. The van der Waals surface area contributed by atoms with Crippen LogP contribution in [0, 0.1) is 0 Å². The van der Waals surface area contributed by atoms with E-state index in [1.165, 1.54) is 11.2 Å². The lowest BCUT2D eigenvalue weighted by Gasteiger charge is -2.26. The molecule has 22 heavy (non-hydrogen) atoms. The first kappa shape index (κ1) is 14.8. The molecule has 1 saturated heterocycles. The van der Waals surface area contributed by atoms with Crippen molar-refractivity contribution in [2.75, 3.05) is 6.54 Å². The van der Waals surface area contributed by atoms with Gasteiger partial charge in [0, 0.05) is 13.0 Å². The Balaban J connectivity index is 1.99. The number of primary sulfonamides is 1. The fourth-order valence-corrected chi connectivity index (χ4v) is 3.49.